The number of methoxy groups -OCH3 is 1. The van der Waals surface area contributed by atoms with Crippen LogP contribution in [0.1, 0.15) is 45.4 Å². The maximum absolute atomic E-state index is 13.3. The Bertz CT molecular complexity index is 1080. The van der Waals surface area contributed by atoms with Crippen molar-refractivity contribution < 1.29 is 9.53 Å². The Balaban J connectivity index is 1.41. The number of carbonyl (C=O) groups is 1. The highest BCUT2D eigenvalue weighted by Gasteiger charge is 2.55. The van der Waals surface area contributed by atoms with Crippen molar-refractivity contribution in [1.29, 1.82) is 0 Å². The van der Waals surface area contributed by atoms with E-state index in [1.807, 2.05) is 42.5 Å². The van der Waals surface area contributed by atoms with Gasteiger partial charge in [0.1, 0.15) is 5.75 Å². The van der Waals surface area contributed by atoms with E-state index in [2.05, 4.69) is 32.9 Å². The van der Waals surface area contributed by atoms with Gasteiger partial charge in [0.05, 0.1) is 12.5 Å². The van der Waals surface area contributed by atoms with Crippen molar-refractivity contribution in [2.24, 2.45) is 17.3 Å². The van der Waals surface area contributed by atoms with E-state index in [0.717, 1.165) is 46.9 Å². The summed E-state index contributed by atoms with van der Waals surface area (Å²) in [5.41, 5.74) is 3.43. The second-order valence-electron chi connectivity index (χ2n) is 9.31. The number of aromatic nitrogens is 4. The minimum absolute atomic E-state index is 0.163. The van der Waals surface area contributed by atoms with Crippen LogP contribution in [-0.4, -0.2) is 33.6 Å². The van der Waals surface area contributed by atoms with Gasteiger partial charge in [0.25, 0.3) is 0 Å². The Hall–Kier alpha value is -3.22. The minimum Gasteiger partial charge on any atom is -0.497 e. The number of nitrogens with one attached hydrogen (secondary N) is 2. The van der Waals surface area contributed by atoms with Gasteiger partial charge >= 0.3 is 0 Å². The van der Waals surface area contributed by atoms with Crippen molar-refractivity contribution in [1.82, 2.24) is 20.6 Å². The summed E-state index contributed by atoms with van der Waals surface area (Å²) in [5.74, 6) is 2.82. The summed E-state index contributed by atoms with van der Waals surface area (Å²) in [6.45, 7) is 2.32. The van der Waals surface area contributed by atoms with Crippen molar-refractivity contribution in [3.05, 3.63) is 42.5 Å². The fraction of sp³-hybridized carbons (Fsp3) is 0.440. The van der Waals surface area contributed by atoms with Crippen LogP contribution in [0.3, 0.4) is 0 Å². The maximum atomic E-state index is 13.3. The van der Waals surface area contributed by atoms with E-state index in [0.29, 0.717) is 11.7 Å². The van der Waals surface area contributed by atoms with Gasteiger partial charge in [-0.3, -0.25) is 4.79 Å². The number of aromatic amines is 1. The molecule has 32 heavy (non-hydrogen) atoms. The molecule has 7 heteroatoms. The molecule has 1 heterocycles. The Morgan fingerprint density at radius 3 is 2.44 bits per heavy atom. The number of anilines is 1. The SMILES string of the molecule is COc1ccc(-c2ccc(NC(=O)C3(C4CCC(C)CC4)CC3)cc2-c2nnn[nH]2)cc1. The van der Waals surface area contributed by atoms with Crippen LogP contribution < -0.4 is 10.1 Å². The first-order valence-electron chi connectivity index (χ1n) is 11.4. The van der Waals surface area contributed by atoms with Crippen LogP contribution in [-0.2, 0) is 4.79 Å². The van der Waals surface area contributed by atoms with E-state index < -0.39 is 0 Å². The van der Waals surface area contributed by atoms with E-state index in [1.165, 1.54) is 25.7 Å². The molecule has 0 saturated heterocycles. The molecule has 2 fully saturated rings. The Labute approximate surface area is 188 Å². The van der Waals surface area contributed by atoms with Crippen LogP contribution >= 0.6 is 0 Å². The van der Waals surface area contributed by atoms with Gasteiger partial charge in [-0.1, -0.05) is 38.0 Å². The molecule has 0 radical (unpaired) electrons. The smallest absolute Gasteiger partial charge is 0.230 e. The third kappa shape index (κ3) is 3.87. The number of tetrazole rings is 1. The minimum atomic E-state index is -0.178. The predicted octanol–water partition coefficient (Wildman–Crippen LogP) is 5.09. The summed E-state index contributed by atoms with van der Waals surface area (Å²) in [6.07, 6.45) is 6.80. The number of hydrogen-bond acceptors (Lipinski definition) is 5. The predicted molar refractivity (Wildman–Crippen MR) is 123 cm³/mol. The molecule has 0 unspecified atom stereocenters. The Kier molecular flexibility index (Phi) is 5.41. The fourth-order valence-electron chi connectivity index (χ4n) is 5.14. The number of benzene rings is 2. The summed E-state index contributed by atoms with van der Waals surface area (Å²) >= 11 is 0. The number of rotatable bonds is 6. The van der Waals surface area contributed by atoms with Crippen molar-refractivity contribution >= 4 is 11.6 Å². The van der Waals surface area contributed by atoms with Gasteiger partial charge in [-0.05, 0) is 83.3 Å². The number of hydrogen-bond donors (Lipinski definition) is 2. The van der Waals surface area contributed by atoms with Crippen molar-refractivity contribution in [2.75, 3.05) is 12.4 Å². The molecule has 2 aromatic carbocycles. The molecular weight excluding hydrogens is 402 g/mol. The number of carbonyl (C=O) groups excluding carboxylic acids is 1. The summed E-state index contributed by atoms with van der Waals surface area (Å²) in [6, 6.07) is 13.8. The van der Waals surface area contributed by atoms with Gasteiger partial charge in [0.2, 0.25) is 5.91 Å². The van der Waals surface area contributed by atoms with E-state index in [9.17, 15) is 4.79 Å². The van der Waals surface area contributed by atoms with Gasteiger partial charge in [-0.25, -0.2) is 5.10 Å². The van der Waals surface area contributed by atoms with Crippen molar-refractivity contribution in [2.45, 2.75) is 45.4 Å². The first kappa shape index (κ1) is 20.7. The molecule has 0 spiro atoms. The van der Waals surface area contributed by atoms with E-state index >= 15 is 0 Å². The summed E-state index contributed by atoms with van der Waals surface area (Å²) in [4.78, 5) is 13.3. The first-order chi connectivity index (χ1) is 15.6. The van der Waals surface area contributed by atoms with E-state index in [4.69, 9.17) is 4.74 Å². The molecule has 166 valence electrons. The molecule has 0 bridgehead atoms. The van der Waals surface area contributed by atoms with Crippen LogP contribution in [0.25, 0.3) is 22.5 Å². The molecule has 7 nitrogen and oxygen atoms in total. The zero-order valence-electron chi connectivity index (χ0n) is 18.6. The molecule has 1 aromatic heterocycles. The molecule has 0 atom stereocenters. The first-order valence-corrected chi connectivity index (χ1v) is 11.4. The van der Waals surface area contributed by atoms with Crippen LogP contribution in [0.5, 0.6) is 5.75 Å². The van der Waals surface area contributed by atoms with Crippen LogP contribution in [0.2, 0.25) is 0 Å². The lowest BCUT2D eigenvalue weighted by atomic mass is 9.74. The van der Waals surface area contributed by atoms with Crippen LogP contribution in [0.4, 0.5) is 5.69 Å². The van der Waals surface area contributed by atoms with Gasteiger partial charge in [-0.15, -0.1) is 5.10 Å². The van der Waals surface area contributed by atoms with E-state index in [1.54, 1.807) is 7.11 Å². The average molecular weight is 432 g/mol. The highest BCUT2D eigenvalue weighted by Crippen LogP contribution is 2.57. The number of amides is 1. The monoisotopic (exact) mass is 431 g/mol. The van der Waals surface area contributed by atoms with Crippen LogP contribution in [0, 0.1) is 17.3 Å². The van der Waals surface area contributed by atoms with Crippen molar-refractivity contribution in [3.63, 3.8) is 0 Å². The molecule has 5 rings (SSSR count). The lowest BCUT2D eigenvalue weighted by molar-refractivity contribution is -0.123. The molecule has 3 aromatic rings. The highest BCUT2D eigenvalue weighted by molar-refractivity contribution is 5.98. The van der Waals surface area contributed by atoms with Gasteiger partial charge < -0.3 is 10.1 Å². The fourth-order valence-corrected chi connectivity index (χ4v) is 5.14. The van der Waals surface area contributed by atoms with Gasteiger partial charge in [-0.2, -0.15) is 0 Å². The number of ether oxygens (including phenoxy) is 1. The van der Waals surface area contributed by atoms with Gasteiger partial charge in [0, 0.05) is 11.3 Å². The normalized spacial score (nSPS) is 21.7. The quantitative estimate of drug-likeness (QED) is 0.567. The second-order valence-corrected chi connectivity index (χ2v) is 9.31. The third-order valence-corrected chi connectivity index (χ3v) is 7.32. The summed E-state index contributed by atoms with van der Waals surface area (Å²) in [7, 11) is 1.65. The van der Waals surface area contributed by atoms with Gasteiger partial charge in [0.15, 0.2) is 5.82 Å². The Morgan fingerprint density at radius 1 is 1.06 bits per heavy atom. The largest absolute Gasteiger partial charge is 0.497 e. The van der Waals surface area contributed by atoms with Crippen molar-refractivity contribution in [3.8, 4) is 28.3 Å². The number of H-pyrrole nitrogens is 1. The zero-order valence-corrected chi connectivity index (χ0v) is 18.6. The number of nitrogens with zero attached hydrogens (tertiary/aromatic N) is 3. The molecule has 1 amide bonds. The lowest BCUT2D eigenvalue weighted by Gasteiger charge is -2.32. The third-order valence-electron chi connectivity index (χ3n) is 7.32. The average Bonchev–Trinajstić information content (AvgIpc) is 3.46. The maximum Gasteiger partial charge on any atom is 0.230 e. The molecule has 2 N–H and O–H groups in total. The topological polar surface area (TPSA) is 92.8 Å². The van der Waals surface area contributed by atoms with E-state index in [-0.39, 0.29) is 11.3 Å². The Morgan fingerprint density at radius 2 is 1.81 bits per heavy atom. The molecule has 2 aliphatic carbocycles. The lowest BCUT2D eigenvalue weighted by Crippen LogP contribution is -2.33. The molecule has 0 aliphatic heterocycles. The molecule has 2 aliphatic rings. The molecular formula is C25H29N5O2. The standard InChI is InChI=1S/C25H29N5O2/c1-16-3-7-18(8-4-16)25(13-14-25)24(31)26-19-9-12-21(17-5-10-20(32-2)11-6-17)22(15-19)23-27-29-30-28-23/h5-6,9-12,15-16,18H,3-4,7-8,13-14H2,1-2H3,(H,26,31)(H,27,28,29,30). The zero-order chi connectivity index (χ0) is 22.1. The summed E-state index contributed by atoms with van der Waals surface area (Å²) < 4.78 is 5.28. The second kappa shape index (κ2) is 8.37. The molecule has 2 saturated carbocycles. The summed E-state index contributed by atoms with van der Waals surface area (Å²) in [5, 5.41) is 17.7. The highest BCUT2D eigenvalue weighted by atomic mass is 16.5. The van der Waals surface area contributed by atoms with Crippen LogP contribution in [0.15, 0.2) is 42.5 Å².